The zero-order valence-corrected chi connectivity index (χ0v) is 22.8. The fraction of sp³-hybridized carbons (Fsp3) is 0.355. The van der Waals surface area contributed by atoms with E-state index >= 15 is 0 Å². The number of carbonyl (C=O) groups is 2. The molecule has 3 aromatic carbocycles. The number of nitrogens with one attached hydrogen (secondary N) is 1. The Morgan fingerprint density at radius 2 is 1.59 bits per heavy atom. The first kappa shape index (κ1) is 27.2. The molecule has 1 fully saturated rings. The van der Waals surface area contributed by atoms with Gasteiger partial charge in [0.1, 0.15) is 6.04 Å². The summed E-state index contributed by atoms with van der Waals surface area (Å²) >= 11 is 12.5. The molecule has 1 saturated carbocycles. The average Bonchev–Trinajstić information content (AvgIpc) is 2.90. The lowest BCUT2D eigenvalue weighted by molar-refractivity contribution is -0.141. The Balaban J connectivity index is 1.68. The van der Waals surface area contributed by atoms with Gasteiger partial charge >= 0.3 is 0 Å². The fourth-order valence-corrected chi connectivity index (χ4v) is 5.33. The summed E-state index contributed by atoms with van der Waals surface area (Å²) in [6.45, 7) is 2.26. The third-order valence-electron chi connectivity index (χ3n) is 7.16. The van der Waals surface area contributed by atoms with E-state index in [-0.39, 0.29) is 30.8 Å². The third kappa shape index (κ3) is 7.59. The Kier molecular flexibility index (Phi) is 9.65. The predicted octanol–water partition coefficient (Wildman–Crippen LogP) is 6.93. The highest BCUT2D eigenvalue weighted by molar-refractivity contribution is 6.42. The summed E-state index contributed by atoms with van der Waals surface area (Å²) in [5.41, 5.74) is 3.85. The van der Waals surface area contributed by atoms with Gasteiger partial charge < -0.3 is 10.2 Å². The van der Waals surface area contributed by atoms with Crippen LogP contribution in [-0.2, 0) is 29.0 Å². The SMILES string of the molecule is Cc1ccccc1CC(=O)N(Cc1ccc(Cl)c(Cl)c1)C(Cc1ccccc1)C(=O)NC1CCCCC1. The first-order chi connectivity index (χ1) is 17.9. The van der Waals surface area contributed by atoms with Gasteiger partial charge in [-0.25, -0.2) is 0 Å². The summed E-state index contributed by atoms with van der Waals surface area (Å²) in [6.07, 6.45) is 6.05. The number of benzene rings is 3. The van der Waals surface area contributed by atoms with Crippen LogP contribution in [-0.4, -0.2) is 28.8 Å². The molecule has 0 heterocycles. The van der Waals surface area contributed by atoms with Gasteiger partial charge in [0.05, 0.1) is 16.5 Å². The summed E-state index contributed by atoms with van der Waals surface area (Å²) in [6, 6.07) is 22.6. The molecule has 194 valence electrons. The van der Waals surface area contributed by atoms with Crippen molar-refractivity contribution in [1.82, 2.24) is 10.2 Å². The van der Waals surface area contributed by atoms with Crippen molar-refractivity contribution >= 4 is 35.0 Å². The van der Waals surface area contributed by atoms with Crippen LogP contribution in [0.25, 0.3) is 0 Å². The van der Waals surface area contributed by atoms with E-state index in [4.69, 9.17) is 23.2 Å². The quantitative estimate of drug-likeness (QED) is 0.322. The molecule has 0 aliphatic heterocycles. The molecule has 3 aromatic rings. The maximum atomic E-state index is 13.9. The predicted molar refractivity (Wildman–Crippen MR) is 151 cm³/mol. The standard InChI is InChI=1S/C31H34Cl2N2O2/c1-22-10-8-9-13-25(22)20-30(36)35(21-24-16-17-27(32)28(33)18-24)29(19-23-11-4-2-5-12-23)31(37)34-26-14-6-3-7-15-26/h2,4-5,8-13,16-18,26,29H,3,6-7,14-15,19-21H2,1H3,(H,34,37). The van der Waals surface area contributed by atoms with Crippen LogP contribution in [0.3, 0.4) is 0 Å². The van der Waals surface area contributed by atoms with Gasteiger partial charge in [-0.1, -0.05) is 103 Å². The minimum absolute atomic E-state index is 0.0971. The molecular formula is C31H34Cl2N2O2. The Morgan fingerprint density at radius 1 is 0.892 bits per heavy atom. The van der Waals surface area contributed by atoms with Gasteiger partial charge in [-0.15, -0.1) is 0 Å². The molecule has 0 spiro atoms. The number of rotatable bonds is 9. The molecule has 1 atom stereocenters. The maximum Gasteiger partial charge on any atom is 0.243 e. The van der Waals surface area contributed by atoms with Gasteiger partial charge in [-0.2, -0.15) is 0 Å². The molecule has 37 heavy (non-hydrogen) atoms. The molecule has 1 aliphatic rings. The molecule has 1 N–H and O–H groups in total. The number of halogens is 2. The van der Waals surface area contributed by atoms with Crippen LogP contribution in [0.1, 0.15) is 54.4 Å². The maximum absolute atomic E-state index is 13.9. The van der Waals surface area contributed by atoms with Gasteiger partial charge in [0, 0.05) is 19.0 Å². The molecule has 0 saturated heterocycles. The molecule has 1 unspecified atom stereocenters. The van der Waals surface area contributed by atoms with Gasteiger partial charge in [0.2, 0.25) is 11.8 Å². The average molecular weight is 538 g/mol. The summed E-state index contributed by atoms with van der Waals surface area (Å²) in [7, 11) is 0. The van der Waals surface area contributed by atoms with Crippen LogP contribution < -0.4 is 5.32 Å². The fourth-order valence-electron chi connectivity index (χ4n) is 5.01. The van der Waals surface area contributed by atoms with E-state index in [0.717, 1.165) is 47.9 Å². The Labute approximate surface area is 230 Å². The van der Waals surface area contributed by atoms with E-state index in [1.807, 2.05) is 67.6 Å². The van der Waals surface area contributed by atoms with Crippen molar-refractivity contribution in [3.05, 3.63) is 105 Å². The number of hydrogen-bond donors (Lipinski definition) is 1. The minimum atomic E-state index is -0.657. The van der Waals surface area contributed by atoms with E-state index in [1.165, 1.54) is 6.42 Å². The Bertz CT molecular complexity index is 1210. The summed E-state index contributed by atoms with van der Waals surface area (Å²) < 4.78 is 0. The van der Waals surface area contributed by atoms with Crippen molar-refractivity contribution in [3.8, 4) is 0 Å². The lowest BCUT2D eigenvalue weighted by atomic mass is 9.94. The number of aryl methyl sites for hydroxylation is 1. The second-order valence-electron chi connectivity index (χ2n) is 9.92. The number of carbonyl (C=O) groups excluding carboxylic acids is 2. The molecule has 2 amide bonds. The zero-order valence-electron chi connectivity index (χ0n) is 21.3. The van der Waals surface area contributed by atoms with Crippen molar-refractivity contribution in [1.29, 1.82) is 0 Å². The van der Waals surface area contributed by atoms with Crippen LogP contribution in [0.4, 0.5) is 0 Å². The molecule has 0 aromatic heterocycles. The third-order valence-corrected chi connectivity index (χ3v) is 7.90. The summed E-state index contributed by atoms with van der Waals surface area (Å²) in [5, 5.41) is 4.16. The minimum Gasteiger partial charge on any atom is -0.352 e. The topological polar surface area (TPSA) is 49.4 Å². The highest BCUT2D eigenvalue weighted by atomic mass is 35.5. The van der Waals surface area contributed by atoms with Gasteiger partial charge in [0.25, 0.3) is 0 Å². The lowest BCUT2D eigenvalue weighted by Crippen LogP contribution is -2.53. The van der Waals surface area contributed by atoms with Crippen molar-refractivity contribution in [2.24, 2.45) is 0 Å². The van der Waals surface area contributed by atoms with E-state index in [2.05, 4.69) is 5.32 Å². The monoisotopic (exact) mass is 536 g/mol. The van der Waals surface area contributed by atoms with Crippen molar-refractivity contribution in [2.75, 3.05) is 0 Å². The smallest absolute Gasteiger partial charge is 0.243 e. The van der Waals surface area contributed by atoms with E-state index in [9.17, 15) is 9.59 Å². The molecular weight excluding hydrogens is 503 g/mol. The highest BCUT2D eigenvalue weighted by Gasteiger charge is 2.32. The summed E-state index contributed by atoms with van der Waals surface area (Å²) in [5.74, 6) is -0.200. The lowest BCUT2D eigenvalue weighted by Gasteiger charge is -2.33. The molecule has 1 aliphatic carbocycles. The largest absolute Gasteiger partial charge is 0.352 e. The number of amides is 2. The second kappa shape index (κ2) is 13.1. The normalized spacial score (nSPS) is 14.7. The molecule has 0 radical (unpaired) electrons. The molecule has 4 nitrogen and oxygen atoms in total. The number of nitrogens with zero attached hydrogens (tertiary/aromatic N) is 1. The highest BCUT2D eigenvalue weighted by Crippen LogP contribution is 2.25. The Hall–Kier alpha value is -2.82. The van der Waals surface area contributed by atoms with Crippen LogP contribution in [0.2, 0.25) is 10.0 Å². The molecule has 4 rings (SSSR count). The van der Waals surface area contributed by atoms with Crippen LogP contribution >= 0.6 is 23.2 Å². The first-order valence-corrected chi connectivity index (χ1v) is 13.8. The van der Waals surface area contributed by atoms with Gasteiger partial charge in [0.15, 0.2) is 0 Å². The van der Waals surface area contributed by atoms with E-state index in [0.29, 0.717) is 16.5 Å². The Morgan fingerprint density at radius 3 is 2.30 bits per heavy atom. The zero-order chi connectivity index (χ0) is 26.2. The van der Waals surface area contributed by atoms with Crippen LogP contribution in [0.5, 0.6) is 0 Å². The number of hydrogen-bond acceptors (Lipinski definition) is 2. The van der Waals surface area contributed by atoms with E-state index < -0.39 is 6.04 Å². The van der Waals surface area contributed by atoms with Crippen LogP contribution in [0, 0.1) is 6.92 Å². The molecule has 0 bridgehead atoms. The van der Waals surface area contributed by atoms with Crippen molar-refractivity contribution < 1.29 is 9.59 Å². The van der Waals surface area contributed by atoms with Gasteiger partial charge in [-0.3, -0.25) is 9.59 Å². The van der Waals surface area contributed by atoms with Gasteiger partial charge in [-0.05, 0) is 54.2 Å². The first-order valence-electron chi connectivity index (χ1n) is 13.0. The van der Waals surface area contributed by atoms with E-state index in [1.54, 1.807) is 17.0 Å². The van der Waals surface area contributed by atoms with Crippen LogP contribution in [0.15, 0.2) is 72.8 Å². The van der Waals surface area contributed by atoms with Crippen molar-refractivity contribution in [2.45, 2.75) is 70.5 Å². The summed E-state index contributed by atoms with van der Waals surface area (Å²) in [4.78, 5) is 29.5. The second-order valence-corrected chi connectivity index (χ2v) is 10.7. The van der Waals surface area contributed by atoms with Crippen molar-refractivity contribution in [3.63, 3.8) is 0 Å². The molecule has 6 heteroatoms.